The van der Waals surface area contributed by atoms with Crippen LogP contribution in [0.15, 0.2) is 9.98 Å². The van der Waals surface area contributed by atoms with Crippen LogP contribution in [0.3, 0.4) is 0 Å². The van der Waals surface area contributed by atoms with Gasteiger partial charge in [-0.15, -0.1) is 0 Å². The van der Waals surface area contributed by atoms with Gasteiger partial charge in [-0.2, -0.15) is 0 Å². The molecule has 0 saturated heterocycles. The van der Waals surface area contributed by atoms with Gasteiger partial charge in [-0.05, 0) is 65.2 Å². The number of rotatable bonds is 2. The van der Waals surface area contributed by atoms with E-state index in [1.807, 2.05) is 0 Å². The largest absolute Gasteiger partial charge is 2.00 e. The summed E-state index contributed by atoms with van der Waals surface area (Å²) in [6, 6.07) is 0.557. The molecular formula is C19H30Br2N2O2Pd. The second-order valence-electron chi connectivity index (χ2n) is 8.03. The molecule has 2 fully saturated rings. The van der Waals surface area contributed by atoms with Crippen LogP contribution in [0.5, 0.6) is 0 Å². The predicted molar refractivity (Wildman–Crippen MR) is 92.2 cm³/mol. The van der Waals surface area contributed by atoms with Crippen molar-refractivity contribution in [3.05, 3.63) is 0 Å². The van der Waals surface area contributed by atoms with E-state index in [-0.39, 0.29) is 77.7 Å². The fourth-order valence-electron chi connectivity index (χ4n) is 4.99. The SMILES string of the molecule is C[C@H]1N=C(CC2=N[C@H](C)C3(CCCCC3)O2)OC12CCCCC2.[Br-].[Br-].[Pd+2]. The van der Waals surface area contributed by atoms with E-state index in [1.165, 1.54) is 38.5 Å². The van der Waals surface area contributed by atoms with Gasteiger partial charge in [0.2, 0.25) is 0 Å². The summed E-state index contributed by atoms with van der Waals surface area (Å²) < 4.78 is 12.7. The Hall–Kier alpha value is 0.562. The van der Waals surface area contributed by atoms with Crippen LogP contribution < -0.4 is 34.0 Å². The van der Waals surface area contributed by atoms with Crippen molar-refractivity contribution in [3.8, 4) is 0 Å². The molecule has 0 N–H and O–H groups in total. The molecule has 2 spiro atoms. The molecular weight excluding hydrogens is 554 g/mol. The molecule has 2 heterocycles. The topological polar surface area (TPSA) is 43.2 Å². The van der Waals surface area contributed by atoms with E-state index in [0.29, 0.717) is 6.42 Å². The Labute approximate surface area is 192 Å². The van der Waals surface area contributed by atoms with Crippen LogP contribution >= 0.6 is 0 Å². The van der Waals surface area contributed by atoms with Gasteiger partial charge in [0, 0.05) is 0 Å². The van der Waals surface area contributed by atoms with E-state index in [9.17, 15) is 0 Å². The normalized spacial score (nSPS) is 30.8. The average Bonchev–Trinajstić information content (AvgIpc) is 2.99. The zero-order valence-corrected chi connectivity index (χ0v) is 20.4. The number of aliphatic imine (C=N–C) groups is 2. The predicted octanol–water partition coefficient (Wildman–Crippen LogP) is -1.58. The second-order valence-corrected chi connectivity index (χ2v) is 8.03. The Morgan fingerprint density at radius 3 is 1.42 bits per heavy atom. The monoisotopic (exact) mass is 582 g/mol. The Morgan fingerprint density at radius 2 is 1.08 bits per heavy atom. The Balaban J connectivity index is 0.00000113. The summed E-state index contributed by atoms with van der Waals surface area (Å²) in [6.45, 7) is 4.42. The van der Waals surface area contributed by atoms with Gasteiger partial charge in [0.05, 0.1) is 18.5 Å². The zero-order valence-electron chi connectivity index (χ0n) is 15.7. The summed E-state index contributed by atoms with van der Waals surface area (Å²) in [5.74, 6) is 1.72. The van der Waals surface area contributed by atoms with Crippen molar-refractivity contribution in [1.82, 2.24) is 0 Å². The Bertz CT molecular complexity index is 484. The number of nitrogens with zero attached hydrogens (tertiary/aromatic N) is 2. The van der Waals surface area contributed by atoms with Crippen molar-refractivity contribution < 1.29 is 63.9 Å². The standard InChI is InChI=1S/C19H30N2O2.2BrH.Pd/c1-14-18(9-5-3-6-10-18)22-16(20-14)13-17-21-15(2)19(23-17)11-7-4-8-12-19;;;/h14-15H,3-13H2,1-2H3;2*1H;/q;;;+2/p-2/t14-,15-;;;/m1.../s1. The van der Waals surface area contributed by atoms with E-state index in [2.05, 4.69) is 13.8 Å². The van der Waals surface area contributed by atoms with E-state index in [1.54, 1.807) is 0 Å². The van der Waals surface area contributed by atoms with Crippen molar-refractivity contribution >= 4 is 11.8 Å². The summed E-state index contributed by atoms with van der Waals surface area (Å²) in [6.07, 6.45) is 13.0. The fourth-order valence-corrected chi connectivity index (χ4v) is 4.99. The first kappa shape index (κ1) is 24.6. The molecule has 0 aromatic carbocycles. The molecule has 2 aliphatic heterocycles. The van der Waals surface area contributed by atoms with Crippen molar-refractivity contribution in [3.63, 3.8) is 0 Å². The molecule has 26 heavy (non-hydrogen) atoms. The minimum absolute atomic E-state index is 0. The first-order valence-corrected chi connectivity index (χ1v) is 9.63. The van der Waals surface area contributed by atoms with Gasteiger partial charge in [-0.25, -0.2) is 9.98 Å². The van der Waals surface area contributed by atoms with Crippen LogP contribution in [0.4, 0.5) is 0 Å². The summed E-state index contributed by atoms with van der Waals surface area (Å²) in [4.78, 5) is 9.64. The third kappa shape index (κ3) is 4.58. The maximum atomic E-state index is 6.36. The molecule has 2 atom stereocenters. The molecule has 4 nitrogen and oxygen atoms in total. The first-order valence-electron chi connectivity index (χ1n) is 9.63. The molecule has 2 aliphatic carbocycles. The number of hydrogen-bond acceptors (Lipinski definition) is 4. The molecule has 7 heteroatoms. The smallest absolute Gasteiger partial charge is 1.00 e. The molecule has 0 bridgehead atoms. The summed E-state index contributed by atoms with van der Waals surface area (Å²) in [7, 11) is 0. The Morgan fingerprint density at radius 1 is 0.731 bits per heavy atom. The number of halogens is 2. The summed E-state index contributed by atoms with van der Waals surface area (Å²) in [5.41, 5.74) is -0.0538. The van der Waals surface area contributed by atoms with Gasteiger partial charge in [-0.1, -0.05) is 12.8 Å². The third-order valence-corrected chi connectivity index (χ3v) is 6.54. The van der Waals surface area contributed by atoms with Crippen LogP contribution in [0, 0.1) is 0 Å². The summed E-state index contributed by atoms with van der Waals surface area (Å²) >= 11 is 0. The maximum Gasteiger partial charge on any atom is 2.00 e. The second kappa shape index (κ2) is 9.85. The molecule has 4 rings (SSSR count). The van der Waals surface area contributed by atoms with Gasteiger partial charge in [0.15, 0.2) is 11.8 Å². The van der Waals surface area contributed by atoms with Crippen molar-refractivity contribution in [2.45, 2.75) is 108 Å². The molecule has 0 aromatic heterocycles. The van der Waals surface area contributed by atoms with Crippen molar-refractivity contribution in [2.75, 3.05) is 0 Å². The first-order chi connectivity index (χ1) is 11.1. The molecule has 2 saturated carbocycles. The van der Waals surface area contributed by atoms with E-state index < -0.39 is 0 Å². The molecule has 152 valence electrons. The summed E-state index contributed by atoms with van der Waals surface area (Å²) in [5, 5.41) is 0. The molecule has 0 aromatic rings. The van der Waals surface area contributed by atoms with Crippen LogP contribution in [-0.4, -0.2) is 35.1 Å². The quantitative estimate of drug-likeness (QED) is 0.368. The molecule has 4 aliphatic rings. The van der Waals surface area contributed by atoms with Gasteiger partial charge < -0.3 is 43.4 Å². The Kier molecular flexibility index (Phi) is 9.32. The molecule has 0 amide bonds. The average molecular weight is 585 g/mol. The van der Waals surface area contributed by atoms with Gasteiger partial charge >= 0.3 is 20.4 Å². The number of ether oxygens (including phenoxy) is 2. The van der Waals surface area contributed by atoms with Gasteiger partial charge in [-0.3, -0.25) is 0 Å². The minimum Gasteiger partial charge on any atom is -1.00 e. The van der Waals surface area contributed by atoms with E-state index in [4.69, 9.17) is 19.5 Å². The third-order valence-electron chi connectivity index (χ3n) is 6.54. The van der Waals surface area contributed by atoms with Crippen LogP contribution in [0.1, 0.15) is 84.5 Å². The maximum absolute atomic E-state index is 6.36. The molecule has 0 radical (unpaired) electrons. The van der Waals surface area contributed by atoms with Crippen LogP contribution in [0.2, 0.25) is 0 Å². The molecule has 0 unspecified atom stereocenters. The van der Waals surface area contributed by atoms with Gasteiger partial charge in [0.1, 0.15) is 11.2 Å². The van der Waals surface area contributed by atoms with Crippen LogP contribution in [-0.2, 0) is 29.9 Å². The van der Waals surface area contributed by atoms with Crippen molar-refractivity contribution in [1.29, 1.82) is 0 Å². The van der Waals surface area contributed by atoms with Gasteiger partial charge in [0.25, 0.3) is 0 Å². The van der Waals surface area contributed by atoms with Crippen molar-refractivity contribution in [2.24, 2.45) is 9.98 Å². The van der Waals surface area contributed by atoms with E-state index in [0.717, 1.165) is 37.5 Å². The fraction of sp³-hybridized carbons (Fsp3) is 0.895. The van der Waals surface area contributed by atoms with Crippen LogP contribution in [0.25, 0.3) is 0 Å². The zero-order chi connectivity index (χ0) is 15.9. The van der Waals surface area contributed by atoms with E-state index >= 15 is 0 Å². The minimum atomic E-state index is -0.0269. The number of hydrogen-bond donors (Lipinski definition) is 0.